The SMILES string of the molecule is CCn1[nH]cc(CCN)c1=O. The molecule has 1 aromatic heterocycles. The third-order valence-electron chi connectivity index (χ3n) is 1.64. The maximum Gasteiger partial charge on any atom is 0.269 e. The maximum absolute atomic E-state index is 11.3. The molecule has 1 heterocycles. The predicted octanol–water partition coefficient (Wildman–Crippen LogP) is -0.303. The summed E-state index contributed by atoms with van der Waals surface area (Å²) in [5.41, 5.74) is 6.14. The number of nitrogens with two attached hydrogens (primary N) is 1. The third kappa shape index (κ3) is 1.51. The summed E-state index contributed by atoms with van der Waals surface area (Å²) < 4.78 is 1.56. The van der Waals surface area contributed by atoms with Crippen LogP contribution in [0.25, 0.3) is 0 Å². The lowest BCUT2D eigenvalue weighted by Crippen LogP contribution is -2.19. The molecule has 0 aliphatic rings. The summed E-state index contributed by atoms with van der Waals surface area (Å²) in [6.07, 6.45) is 2.38. The van der Waals surface area contributed by atoms with Crippen molar-refractivity contribution in [2.24, 2.45) is 5.73 Å². The molecule has 4 nitrogen and oxygen atoms in total. The van der Waals surface area contributed by atoms with Crippen LogP contribution in [0.5, 0.6) is 0 Å². The summed E-state index contributed by atoms with van der Waals surface area (Å²) in [5, 5.41) is 2.86. The molecule has 0 radical (unpaired) electrons. The molecule has 0 unspecified atom stereocenters. The van der Waals surface area contributed by atoms with Crippen LogP contribution in [0.2, 0.25) is 0 Å². The summed E-state index contributed by atoms with van der Waals surface area (Å²) in [6.45, 7) is 3.13. The van der Waals surface area contributed by atoms with Crippen molar-refractivity contribution < 1.29 is 0 Å². The molecule has 0 aromatic carbocycles. The monoisotopic (exact) mass is 155 g/mol. The minimum Gasteiger partial charge on any atom is -0.330 e. The average Bonchev–Trinajstić information content (AvgIpc) is 2.34. The zero-order valence-corrected chi connectivity index (χ0v) is 6.63. The first-order valence-electron chi connectivity index (χ1n) is 3.76. The molecule has 1 aromatic rings. The lowest BCUT2D eigenvalue weighted by Gasteiger charge is -1.91. The Morgan fingerprint density at radius 1 is 1.73 bits per heavy atom. The van der Waals surface area contributed by atoms with E-state index in [1.807, 2.05) is 6.92 Å². The molecule has 11 heavy (non-hydrogen) atoms. The molecule has 0 atom stereocenters. The first kappa shape index (κ1) is 8.07. The Balaban J connectivity index is 2.92. The Labute approximate surface area is 65.0 Å². The zero-order valence-electron chi connectivity index (χ0n) is 6.63. The topological polar surface area (TPSA) is 63.8 Å². The Hall–Kier alpha value is -1.03. The number of nitrogens with zero attached hydrogens (tertiary/aromatic N) is 1. The van der Waals surface area contributed by atoms with Gasteiger partial charge in [0.2, 0.25) is 0 Å². The smallest absolute Gasteiger partial charge is 0.269 e. The van der Waals surface area contributed by atoms with Crippen LogP contribution in [0.3, 0.4) is 0 Å². The molecule has 0 amide bonds. The van der Waals surface area contributed by atoms with Gasteiger partial charge in [-0.25, -0.2) is 0 Å². The van der Waals surface area contributed by atoms with Gasteiger partial charge in [0.1, 0.15) is 0 Å². The van der Waals surface area contributed by atoms with Gasteiger partial charge in [-0.3, -0.25) is 9.48 Å². The van der Waals surface area contributed by atoms with Gasteiger partial charge < -0.3 is 10.8 Å². The van der Waals surface area contributed by atoms with Crippen LogP contribution in [0.4, 0.5) is 0 Å². The van der Waals surface area contributed by atoms with Gasteiger partial charge in [0.15, 0.2) is 0 Å². The second-order valence-corrected chi connectivity index (χ2v) is 2.39. The van der Waals surface area contributed by atoms with E-state index in [1.54, 1.807) is 10.9 Å². The highest BCUT2D eigenvalue weighted by Crippen LogP contribution is 1.88. The molecule has 0 aliphatic heterocycles. The van der Waals surface area contributed by atoms with E-state index in [0.717, 1.165) is 5.56 Å². The fourth-order valence-electron chi connectivity index (χ4n) is 1.02. The lowest BCUT2D eigenvalue weighted by atomic mass is 10.2. The summed E-state index contributed by atoms with van der Waals surface area (Å²) in [7, 11) is 0. The number of hydrogen-bond donors (Lipinski definition) is 2. The van der Waals surface area contributed by atoms with Crippen LogP contribution in [-0.2, 0) is 13.0 Å². The molecule has 3 N–H and O–H groups in total. The van der Waals surface area contributed by atoms with E-state index >= 15 is 0 Å². The maximum atomic E-state index is 11.3. The highest BCUT2D eigenvalue weighted by atomic mass is 16.1. The van der Waals surface area contributed by atoms with E-state index in [9.17, 15) is 4.79 Å². The standard InChI is InChI=1S/C7H13N3O/c1-2-10-7(11)6(3-4-8)5-9-10/h5,9H,2-4,8H2,1H3. The zero-order chi connectivity index (χ0) is 8.27. The van der Waals surface area contributed by atoms with Gasteiger partial charge in [0.05, 0.1) is 0 Å². The number of aryl methyl sites for hydroxylation is 1. The van der Waals surface area contributed by atoms with Crippen LogP contribution in [0.1, 0.15) is 12.5 Å². The van der Waals surface area contributed by atoms with Crippen LogP contribution < -0.4 is 11.3 Å². The van der Waals surface area contributed by atoms with Crippen molar-refractivity contribution in [1.82, 2.24) is 9.78 Å². The van der Waals surface area contributed by atoms with Gasteiger partial charge in [-0.05, 0) is 19.9 Å². The van der Waals surface area contributed by atoms with Crippen LogP contribution in [0, 0.1) is 0 Å². The minimum absolute atomic E-state index is 0.0537. The molecule has 0 saturated heterocycles. The van der Waals surface area contributed by atoms with Gasteiger partial charge in [-0.2, -0.15) is 0 Å². The average molecular weight is 155 g/mol. The molecule has 1 rings (SSSR count). The highest BCUT2D eigenvalue weighted by Gasteiger charge is 2.01. The van der Waals surface area contributed by atoms with E-state index in [0.29, 0.717) is 19.5 Å². The number of H-pyrrole nitrogens is 1. The van der Waals surface area contributed by atoms with E-state index in [4.69, 9.17) is 5.73 Å². The van der Waals surface area contributed by atoms with Crippen molar-refractivity contribution in [3.8, 4) is 0 Å². The molecule has 0 bridgehead atoms. The molecule has 0 fully saturated rings. The van der Waals surface area contributed by atoms with E-state index < -0.39 is 0 Å². The van der Waals surface area contributed by atoms with E-state index in [2.05, 4.69) is 5.10 Å². The van der Waals surface area contributed by atoms with Crippen molar-refractivity contribution >= 4 is 0 Å². The second-order valence-electron chi connectivity index (χ2n) is 2.39. The van der Waals surface area contributed by atoms with Gasteiger partial charge in [-0.1, -0.05) is 0 Å². The number of rotatable bonds is 3. The number of nitrogens with one attached hydrogen (secondary N) is 1. The normalized spacial score (nSPS) is 10.4. The highest BCUT2D eigenvalue weighted by molar-refractivity contribution is 5.04. The van der Waals surface area contributed by atoms with Crippen molar-refractivity contribution in [3.05, 3.63) is 22.1 Å². The molecule has 0 saturated carbocycles. The third-order valence-corrected chi connectivity index (χ3v) is 1.64. The Morgan fingerprint density at radius 2 is 2.45 bits per heavy atom. The molecular formula is C7H13N3O. The van der Waals surface area contributed by atoms with Gasteiger partial charge in [-0.15, -0.1) is 0 Å². The van der Waals surface area contributed by atoms with E-state index in [-0.39, 0.29) is 5.56 Å². The van der Waals surface area contributed by atoms with Gasteiger partial charge in [0.25, 0.3) is 5.56 Å². The number of aromatic amines is 1. The van der Waals surface area contributed by atoms with Crippen LogP contribution in [-0.4, -0.2) is 16.3 Å². The largest absolute Gasteiger partial charge is 0.330 e. The fourth-order valence-corrected chi connectivity index (χ4v) is 1.02. The number of aromatic nitrogens is 2. The summed E-state index contributed by atoms with van der Waals surface area (Å²) >= 11 is 0. The van der Waals surface area contributed by atoms with Crippen molar-refractivity contribution in [1.29, 1.82) is 0 Å². The van der Waals surface area contributed by atoms with E-state index in [1.165, 1.54) is 0 Å². The van der Waals surface area contributed by atoms with Crippen molar-refractivity contribution in [2.45, 2.75) is 19.9 Å². The van der Waals surface area contributed by atoms with Crippen molar-refractivity contribution in [2.75, 3.05) is 6.54 Å². The summed E-state index contributed by atoms with van der Waals surface area (Å²) in [4.78, 5) is 11.3. The Bertz CT molecular complexity index is 273. The first-order valence-corrected chi connectivity index (χ1v) is 3.76. The summed E-state index contributed by atoms with van der Waals surface area (Å²) in [6, 6.07) is 0. The van der Waals surface area contributed by atoms with Gasteiger partial charge in [0, 0.05) is 18.3 Å². The predicted molar refractivity (Wildman–Crippen MR) is 43.5 cm³/mol. The second kappa shape index (κ2) is 3.39. The molecule has 0 spiro atoms. The van der Waals surface area contributed by atoms with Crippen molar-refractivity contribution in [3.63, 3.8) is 0 Å². The molecule has 62 valence electrons. The minimum atomic E-state index is 0.0537. The molecular weight excluding hydrogens is 142 g/mol. The Morgan fingerprint density at radius 3 is 2.91 bits per heavy atom. The number of hydrogen-bond acceptors (Lipinski definition) is 2. The van der Waals surface area contributed by atoms with Crippen LogP contribution >= 0.6 is 0 Å². The Kier molecular flexibility index (Phi) is 2.48. The molecule has 0 aliphatic carbocycles. The quantitative estimate of drug-likeness (QED) is 0.629. The fraction of sp³-hybridized carbons (Fsp3) is 0.571. The summed E-state index contributed by atoms with van der Waals surface area (Å²) in [5.74, 6) is 0. The van der Waals surface area contributed by atoms with Gasteiger partial charge >= 0.3 is 0 Å². The molecule has 4 heteroatoms. The van der Waals surface area contributed by atoms with Crippen LogP contribution in [0.15, 0.2) is 11.0 Å². The lowest BCUT2D eigenvalue weighted by molar-refractivity contribution is 0.636. The first-order chi connectivity index (χ1) is 5.29.